The van der Waals surface area contributed by atoms with Crippen LogP contribution < -0.4 is 10.6 Å². The molecule has 0 aliphatic rings. The van der Waals surface area contributed by atoms with Gasteiger partial charge in [0.2, 0.25) is 11.8 Å². The zero-order valence-electron chi connectivity index (χ0n) is 19.4. The maximum atomic E-state index is 12.9. The van der Waals surface area contributed by atoms with Crippen molar-refractivity contribution in [3.63, 3.8) is 0 Å². The van der Waals surface area contributed by atoms with Crippen molar-refractivity contribution < 1.29 is 19.5 Å². The second kappa shape index (κ2) is 13.2. The zero-order valence-corrected chi connectivity index (χ0v) is 19.4. The molecule has 1 atom stereocenters. The highest BCUT2D eigenvalue weighted by atomic mass is 16.4. The molecule has 180 valence electrons. The first-order valence-electron chi connectivity index (χ1n) is 11.9. The Bertz CT molecular complexity index is 1080. The van der Waals surface area contributed by atoms with Gasteiger partial charge < -0.3 is 20.7 Å². The topological polar surface area (TPSA) is 111 Å². The molecule has 0 fully saturated rings. The van der Waals surface area contributed by atoms with Gasteiger partial charge in [-0.05, 0) is 42.9 Å². The summed E-state index contributed by atoms with van der Waals surface area (Å²) < 4.78 is 0. The van der Waals surface area contributed by atoms with Crippen molar-refractivity contribution in [1.82, 2.24) is 15.6 Å². The number of H-pyrrole nitrogens is 1. The smallest absolute Gasteiger partial charge is 0.303 e. The largest absolute Gasteiger partial charge is 0.481 e. The number of carbonyl (C=O) groups excluding carboxylic acids is 2. The molecule has 7 nitrogen and oxygen atoms in total. The normalized spacial score (nSPS) is 11.8. The van der Waals surface area contributed by atoms with E-state index in [9.17, 15) is 14.4 Å². The third-order valence-corrected chi connectivity index (χ3v) is 5.83. The van der Waals surface area contributed by atoms with Crippen molar-refractivity contribution >= 4 is 28.7 Å². The average Bonchev–Trinajstić information content (AvgIpc) is 3.24. The molecule has 3 aromatic rings. The number of aromatic amines is 1. The lowest BCUT2D eigenvalue weighted by atomic mass is 10.0. The van der Waals surface area contributed by atoms with Crippen molar-refractivity contribution in [3.8, 4) is 0 Å². The van der Waals surface area contributed by atoms with E-state index in [4.69, 9.17) is 5.11 Å². The number of aromatic nitrogens is 1. The van der Waals surface area contributed by atoms with E-state index in [0.717, 1.165) is 29.3 Å². The molecule has 0 bridgehead atoms. The van der Waals surface area contributed by atoms with Crippen LogP contribution >= 0.6 is 0 Å². The standard InChI is InChI=1S/C27H33N3O4/c31-25(15-9-12-20-10-3-1-4-11-20)30-24(27(34)28-17-8-2-5-16-26(32)33)18-21-19-29-23-14-7-6-13-22(21)23/h1,3-4,6-7,10-11,13-14,19,24,29H,2,5,8-9,12,15-18H2,(H,28,34)(H,30,31)(H,32,33). The van der Waals surface area contributed by atoms with Gasteiger partial charge in [0.1, 0.15) is 6.04 Å². The Balaban J connectivity index is 1.56. The third-order valence-electron chi connectivity index (χ3n) is 5.83. The zero-order chi connectivity index (χ0) is 24.2. The van der Waals surface area contributed by atoms with Crippen molar-refractivity contribution in [2.75, 3.05) is 6.54 Å². The molecule has 0 saturated carbocycles. The first-order chi connectivity index (χ1) is 16.5. The highest BCUT2D eigenvalue weighted by Crippen LogP contribution is 2.19. The van der Waals surface area contributed by atoms with Crippen molar-refractivity contribution in [1.29, 1.82) is 0 Å². The second-order valence-electron chi connectivity index (χ2n) is 8.52. The fraction of sp³-hybridized carbons (Fsp3) is 0.370. The first-order valence-corrected chi connectivity index (χ1v) is 11.9. The quantitative estimate of drug-likeness (QED) is 0.271. The van der Waals surface area contributed by atoms with E-state index in [-0.39, 0.29) is 18.2 Å². The van der Waals surface area contributed by atoms with Crippen molar-refractivity contribution in [3.05, 3.63) is 71.9 Å². The lowest BCUT2D eigenvalue weighted by molar-refractivity contribution is -0.137. The predicted octanol–water partition coefficient (Wildman–Crippen LogP) is 3.98. The molecule has 34 heavy (non-hydrogen) atoms. The molecule has 7 heteroatoms. The van der Waals surface area contributed by atoms with Crippen molar-refractivity contribution in [2.24, 2.45) is 0 Å². The van der Waals surface area contributed by atoms with Crippen LogP contribution in [0.4, 0.5) is 0 Å². The number of hydrogen-bond donors (Lipinski definition) is 4. The summed E-state index contributed by atoms with van der Waals surface area (Å²) in [5.41, 5.74) is 3.15. The number of carboxylic acids is 1. The average molecular weight is 464 g/mol. The molecule has 0 aliphatic heterocycles. The number of para-hydroxylation sites is 1. The minimum absolute atomic E-state index is 0.135. The van der Waals surface area contributed by atoms with Crippen LogP contribution in [0.25, 0.3) is 10.9 Å². The Morgan fingerprint density at radius 1 is 0.882 bits per heavy atom. The lowest BCUT2D eigenvalue weighted by Gasteiger charge is -2.18. The number of aryl methyl sites for hydroxylation is 1. The van der Waals surface area contributed by atoms with Crippen molar-refractivity contribution in [2.45, 2.75) is 57.4 Å². The van der Waals surface area contributed by atoms with Gasteiger partial charge in [-0.15, -0.1) is 0 Å². The van der Waals surface area contributed by atoms with Gasteiger partial charge >= 0.3 is 5.97 Å². The molecular formula is C27H33N3O4. The molecule has 1 unspecified atom stereocenters. The molecule has 0 spiro atoms. The summed E-state index contributed by atoms with van der Waals surface area (Å²) in [6.45, 7) is 0.451. The van der Waals surface area contributed by atoms with Crippen LogP contribution in [0.2, 0.25) is 0 Å². The number of carbonyl (C=O) groups is 3. The van der Waals surface area contributed by atoms with Crippen LogP contribution in [-0.4, -0.2) is 40.5 Å². The molecule has 2 aromatic carbocycles. The van der Waals surface area contributed by atoms with Gasteiger partial charge in [0.15, 0.2) is 0 Å². The van der Waals surface area contributed by atoms with E-state index in [1.54, 1.807) is 0 Å². The van der Waals surface area contributed by atoms with E-state index in [2.05, 4.69) is 15.6 Å². The van der Waals surface area contributed by atoms with Crippen LogP contribution in [0.1, 0.15) is 49.7 Å². The molecule has 0 radical (unpaired) electrons. The number of benzene rings is 2. The lowest BCUT2D eigenvalue weighted by Crippen LogP contribution is -2.48. The molecule has 1 heterocycles. The highest BCUT2D eigenvalue weighted by Gasteiger charge is 2.22. The minimum atomic E-state index is -0.808. The summed E-state index contributed by atoms with van der Waals surface area (Å²) in [6.07, 6.45) is 6.29. The number of rotatable bonds is 14. The molecule has 2 amide bonds. The number of amides is 2. The second-order valence-corrected chi connectivity index (χ2v) is 8.52. The first kappa shape index (κ1) is 25.0. The van der Waals surface area contributed by atoms with Gasteiger partial charge in [-0.2, -0.15) is 0 Å². The minimum Gasteiger partial charge on any atom is -0.481 e. The Morgan fingerprint density at radius 3 is 2.44 bits per heavy atom. The van der Waals surface area contributed by atoms with Gasteiger partial charge in [0.25, 0.3) is 0 Å². The third kappa shape index (κ3) is 8.06. The molecule has 0 saturated heterocycles. The van der Waals surface area contributed by atoms with E-state index < -0.39 is 12.0 Å². The van der Waals surface area contributed by atoms with Crippen LogP contribution in [-0.2, 0) is 27.2 Å². The van der Waals surface area contributed by atoms with E-state index in [1.807, 2.05) is 60.8 Å². The van der Waals surface area contributed by atoms with Crippen LogP contribution in [0.15, 0.2) is 60.8 Å². The maximum absolute atomic E-state index is 12.9. The fourth-order valence-electron chi connectivity index (χ4n) is 4.01. The molecule has 4 N–H and O–H groups in total. The Morgan fingerprint density at radius 2 is 1.65 bits per heavy atom. The molecule has 0 aliphatic carbocycles. The number of unbranched alkanes of at least 4 members (excludes halogenated alkanes) is 2. The molecular weight excluding hydrogens is 430 g/mol. The van der Waals surface area contributed by atoms with Crippen LogP contribution in [0.3, 0.4) is 0 Å². The number of aliphatic carboxylic acids is 1. The van der Waals surface area contributed by atoms with Gasteiger partial charge in [-0.25, -0.2) is 0 Å². The summed E-state index contributed by atoms with van der Waals surface area (Å²) in [4.78, 5) is 39.5. The summed E-state index contributed by atoms with van der Waals surface area (Å²) >= 11 is 0. The Kier molecular flexibility index (Phi) is 9.70. The van der Waals surface area contributed by atoms with E-state index in [0.29, 0.717) is 38.6 Å². The SMILES string of the molecule is O=C(O)CCCCCNC(=O)C(Cc1c[nH]c2ccccc12)NC(=O)CCCc1ccccc1. The van der Waals surface area contributed by atoms with Gasteiger partial charge in [0.05, 0.1) is 0 Å². The summed E-state index contributed by atoms with van der Waals surface area (Å²) in [6, 6.07) is 17.2. The summed E-state index contributed by atoms with van der Waals surface area (Å²) in [5, 5.41) is 15.6. The van der Waals surface area contributed by atoms with E-state index >= 15 is 0 Å². The maximum Gasteiger partial charge on any atom is 0.303 e. The van der Waals surface area contributed by atoms with Crippen LogP contribution in [0.5, 0.6) is 0 Å². The summed E-state index contributed by atoms with van der Waals surface area (Å²) in [7, 11) is 0. The summed E-state index contributed by atoms with van der Waals surface area (Å²) in [5.74, 6) is -1.17. The fourth-order valence-corrected chi connectivity index (χ4v) is 4.01. The molecule has 1 aromatic heterocycles. The Hall–Kier alpha value is -3.61. The highest BCUT2D eigenvalue weighted by molar-refractivity contribution is 5.89. The predicted molar refractivity (Wildman–Crippen MR) is 132 cm³/mol. The number of hydrogen-bond acceptors (Lipinski definition) is 3. The monoisotopic (exact) mass is 463 g/mol. The van der Waals surface area contributed by atoms with Gasteiger partial charge in [-0.1, -0.05) is 55.0 Å². The van der Waals surface area contributed by atoms with Gasteiger partial charge in [-0.3, -0.25) is 14.4 Å². The van der Waals surface area contributed by atoms with E-state index in [1.165, 1.54) is 5.56 Å². The van der Waals surface area contributed by atoms with Gasteiger partial charge in [0, 0.05) is 42.9 Å². The Labute approximate surface area is 200 Å². The number of carboxylic acid groups (broad SMARTS) is 1. The van der Waals surface area contributed by atoms with Crippen LogP contribution in [0, 0.1) is 0 Å². The number of fused-ring (bicyclic) bond motifs is 1. The molecule has 3 rings (SSSR count). The number of nitrogens with one attached hydrogen (secondary N) is 3.